The van der Waals surface area contributed by atoms with E-state index in [0.29, 0.717) is 22.8 Å². The van der Waals surface area contributed by atoms with Crippen molar-refractivity contribution < 1.29 is 4.79 Å². The van der Waals surface area contributed by atoms with E-state index in [1.165, 1.54) is 22.2 Å². The van der Waals surface area contributed by atoms with Crippen LogP contribution in [-0.4, -0.2) is 32.9 Å². The van der Waals surface area contributed by atoms with Crippen molar-refractivity contribution >= 4 is 27.5 Å². The Labute approximate surface area is 114 Å². The smallest absolute Gasteiger partial charge is 0.271 e. The first kappa shape index (κ1) is 12.3. The first-order chi connectivity index (χ1) is 9.20. The van der Waals surface area contributed by atoms with Gasteiger partial charge in [-0.3, -0.25) is 14.2 Å². The molecule has 100 valence electrons. The Hall–Kier alpha value is -1.69. The summed E-state index contributed by atoms with van der Waals surface area (Å²) in [7, 11) is 0. The van der Waals surface area contributed by atoms with Crippen LogP contribution in [0.15, 0.2) is 22.6 Å². The van der Waals surface area contributed by atoms with Crippen LogP contribution >= 0.6 is 11.3 Å². The van der Waals surface area contributed by atoms with Crippen molar-refractivity contribution in [1.82, 2.24) is 14.5 Å². The third-order valence-corrected chi connectivity index (χ3v) is 4.28. The lowest BCUT2D eigenvalue weighted by molar-refractivity contribution is -0.132. The van der Waals surface area contributed by atoms with Gasteiger partial charge in [-0.15, -0.1) is 11.3 Å². The highest BCUT2D eigenvalue weighted by Crippen LogP contribution is 2.26. The van der Waals surface area contributed by atoms with Crippen LogP contribution in [0.2, 0.25) is 0 Å². The number of hydrogen-bond donors (Lipinski definition) is 0. The van der Waals surface area contributed by atoms with Gasteiger partial charge in [-0.1, -0.05) is 0 Å². The summed E-state index contributed by atoms with van der Waals surface area (Å²) in [5.74, 6) is 0.00445. The van der Waals surface area contributed by atoms with E-state index < -0.39 is 0 Å². The summed E-state index contributed by atoms with van der Waals surface area (Å²) in [6, 6.07) is 2.20. The topological polar surface area (TPSA) is 55.2 Å². The lowest BCUT2D eigenvalue weighted by Gasteiger charge is -2.20. The van der Waals surface area contributed by atoms with Gasteiger partial charge < -0.3 is 4.90 Å². The quantitative estimate of drug-likeness (QED) is 0.850. The van der Waals surface area contributed by atoms with Gasteiger partial charge in [-0.2, -0.15) is 0 Å². The SMILES string of the molecule is CCN(C(=O)Cn1cnc2ccsc2c1=O)C1CC1. The number of nitrogens with zero attached hydrogens (tertiary/aromatic N) is 3. The van der Waals surface area contributed by atoms with Gasteiger partial charge in [-0.25, -0.2) is 4.98 Å². The predicted molar refractivity (Wildman–Crippen MR) is 74.3 cm³/mol. The van der Waals surface area contributed by atoms with Crippen molar-refractivity contribution in [2.75, 3.05) is 6.54 Å². The number of thiophene rings is 1. The second-order valence-electron chi connectivity index (χ2n) is 4.72. The van der Waals surface area contributed by atoms with Gasteiger partial charge in [0, 0.05) is 12.6 Å². The average molecular weight is 277 g/mol. The van der Waals surface area contributed by atoms with E-state index in [4.69, 9.17) is 0 Å². The van der Waals surface area contributed by atoms with Gasteiger partial charge >= 0.3 is 0 Å². The number of fused-ring (bicyclic) bond motifs is 1. The molecule has 1 fully saturated rings. The normalized spacial score (nSPS) is 14.8. The van der Waals surface area contributed by atoms with Gasteiger partial charge in [0.15, 0.2) is 0 Å². The third-order valence-electron chi connectivity index (χ3n) is 3.39. The molecule has 0 saturated heterocycles. The van der Waals surface area contributed by atoms with Crippen molar-refractivity contribution in [2.45, 2.75) is 32.4 Å². The van der Waals surface area contributed by atoms with E-state index in [1.54, 1.807) is 0 Å². The van der Waals surface area contributed by atoms with Gasteiger partial charge in [0.05, 0.1) is 11.8 Å². The van der Waals surface area contributed by atoms with Crippen molar-refractivity contribution in [2.24, 2.45) is 0 Å². The number of likely N-dealkylation sites (N-methyl/N-ethyl adjacent to an activating group) is 1. The molecule has 2 heterocycles. The van der Waals surface area contributed by atoms with Gasteiger partial charge in [-0.05, 0) is 31.2 Å². The first-order valence-corrected chi connectivity index (χ1v) is 7.30. The van der Waals surface area contributed by atoms with E-state index in [9.17, 15) is 9.59 Å². The lowest BCUT2D eigenvalue weighted by Crippen LogP contribution is -2.37. The summed E-state index contributed by atoms with van der Waals surface area (Å²) >= 11 is 1.37. The minimum Gasteiger partial charge on any atom is -0.338 e. The second kappa shape index (κ2) is 4.77. The minimum atomic E-state index is -0.125. The molecule has 0 bridgehead atoms. The summed E-state index contributed by atoms with van der Waals surface area (Å²) in [6.45, 7) is 2.76. The molecule has 0 aromatic carbocycles. The van der Waals surface area contributed by atoms with Gasteiger partial charge in [0.25, 0.3) is 5.56 Å². The fraction of sp³-hybridized carbons (Fsp3) is 0.462. The zero-order chi connectivity index (χ0) is 13.4. The molecule has 2 aromatic heterocycles. The number of rotatable bonds is 4. The van der Waals surface area contributed by atoms with E-state index in [2.05, 4.69) is 4.98 Å². The fourth-order valence-corrected chi connectivity index (χ4v) is 3.05. The monoisotopic (exact) mass is 277 g/mol. The number of carbonyl (C=O) groups excluding carboxylic acids is 1. The van der Waals surface area contributed by atoms with Gasteiger partial charge in [0.1, 0.15) is 11.2 Å². The number of hydrogen-bond acceptors (Lipinski definition) is 4. The average Bonchev–Trinajstić information content (AvgIpc) is 3.10. The minimum absolute atomic E-state index is 0.00445. The standard InChI is InChI=1S/C13H15N3O2S/c1-2-16(9-3-4-9)11(17)7-15-8-14-10-5-6-19-12(10)13(15)18/h5-6,8-9H,2-4,7H2,1H3. The van der Waals surface area contributed by atoms with Crippen molar-refractivity contribution in [3.63, 3.8) is 0 Å². The van der Waals surface area contributed by atoms with E-state index >= 15 is 0 Å². The van der Waals surface area contributed by atoms with Crippen molar-refractivity contribution in [3.8, 4) is 0 Å². The molecule has 1 aliphatic carbocycles. The maximum absolute atomic E-state index is 12.2. The van der Waals surface area contributed by atoms with E-state index in [1.807, 2.05) is 23.3 Å². The molecule has 5 nitrogen and oxygen atoms in total. The van der Waals surface area contributed by atoms with E-state index in [-0.39, 0.29) is 18.0 Å². The lowest BCUT2D eigenvalue weighted by atomic mass is 10.4. The molecule has 1 aliphatic rings. The van der Waals surface area contributed by atoms with Crippen molar-refractivity contribution in [1.29, 1.82) is 0 Å². The molecule has 19 heavy (non-hydrogen) atoms. The molecule has 0 atom stereocenters. The Morgan fingerprint density at radius 3 is 3.05 bits per heavy atom. The highest BCUT2D eigenvalue weighted by Gasteiger charge is 2.31. The van der Waals surface area contributed by atoms with Crippen LogP contribution in [0.25, 0.3) is 10.2 Å². The molecule has 6 heteroatoms. The summed E-state index contributed by atoms with van der Waals surface area (Å²) in [5, 5.41) is 1.84. The van der Waals surface area contributed by atoms with Crippen LogP contribution in [0.5, 0.6) is 0 Å². The number of carbonyl (C=O) groups is 1. The molecule has 3 rings (SSSR count). The van der Waals surface area contributed by atoms with Crippen LogP contribution in [0.4, 0.5) is 0 Å². The Morgan fingerprint density at radius 1 is 1.58 bits per heavy atom. The van der Waals surface area contributed by atoms with Crippen LogP contribution in [0, 0.1) is 0 Å². The van der Waals surface area contributed by atoms with E-state index in [0.717, 1.165) is 12.8 Å². The molecular formula is C13H15N3O2S. The fourth-order valence-electron chi connectivity index (χ4n) is 2.25. The molecule has 0 N–H and O–H groups in total. The predicted octanol–water partition coefficient (Wildman–Crippen LogP) is 1.47. The maximum Gasteiger partial charge on any atom is 0.271 e. The largest absolute Gasteiger partial charge is 0.338 e. The molecule has 0 spiro atoms. The summed E-state index contributed by atoms with van der Waals surface area (Å²) in [6.07, 6.45) is 3.63. The molecule has 1 amide bonds. The Morgan fingerprint density at radius 2 is 2.37 bits per heavy atom. The highest BCUT2D eigenvalue weighted by atomic mass is 32.1. The summed E-state index contributed by atoms with van der Waals surface area (Å²) in [4.78, 5) is 30.4. The third kappa shape index (κ3) is 2.28. The maximum atomic E-state index is 12.2. The number of aromatic nitrogens is 2. The van der Waals surface area contributed by atoms with Crippen LogP contribution in [-0.2, 0) is 11.3 Å². The van der Waals surface area contributed by atoms with Crippen LogP contribution in [0.1, 0.15) is 19.8 Å². The van der Waals surface area contributed by atoms with Crippen LogP contribution < -0.4 is 5.56 Å². The Kier molecular flexibility index (Phi) is 3.10. The Bertz CT molecular complexity index is 672. The molecule has 0 unspecified atom stereocenters. The summed E-state index contributed by atoms with van der Waals surface area (Å²) < 4.78 is 2.02. The molecular weight excluding hydrogens is 262 g/mol. The van der Waals surface area contributed by atoms with Crippen LogP contribution in [0.3, 0.4) is 0 Å². The Balaban J connectivity index is 1.86. The van der Waals surface area contributed by atoms with Gasteiger partial charge in [0.2, 0.25) is 5.91 Å². The first-order valence-electron chi connectivity index (χ1n) is 6.43. The summed E-state index contributed by atoms with van der Waals surface area (Å²) in [5.41, 5.74) is 0.577. The highest BCUT2D eigenvalue weighted by molar-refractivity contribution is 7.17. The molecule has 2 aromatic rings. The number of amides is 1. The zero-order valence-corrected chi connectivity index (χ0v) is 11.5. The zero-order valence-electron chi connectivity index (χ0n) is 10.7. The molecule has 0 radical (unpaired) electrons. The second-order valence-corrected chi connectivity index (χ2v) is 5.64. The van der Waals surface area contributed by atoms with Crippen molar-refractivity contribution in [3.05, 3.63) is 28.1 Å². The molecule has 1 saturated carbocycles. The molecule has 0 aliphatic heterocycles.